The number of rotatable bonds is 6. The normalized spacial score (nSPS) is 11.9. The van der Waals surface area contributed by atoms with Crippen LogP contribution in [-0.4, -0.2) is 23.2 Å². The molecule has 0 bridgehead atoms. The maximum Gasteiger partial charge on any atom is 0.209 e. The molecule has 0 aliphatic rings. The van der Waals surface area contributed by atoms with E-state index in [1.807, 2.05) is 19.8 Å². The molecule has 1 aromatic rings. The van der Waals surface area contributed by atoms with Crippen LogP contribution in [0, 0.1) is 0 Å². The number of hydrogen-bond donors (Lipinski definition) is 0. The lowest BCUT2D eigenvalue weighted by Crippen LogP contribution is -1.96. The van der Waals surface area contributed by atoms with Gasteiger partial charge in [0, 0.05) is 6.20 Å². The summed E-state index contributed by atoms with van der Waals surface area (Å²) in [5, 5.41) is 0.637. The highest BCUT2D eigenvalue weighted by Gasteiger charge is 2.09. The van der Waals surface area contributed by atoms with Crippen molar-refractivity contribution in [2.24, 2.45) is 4.99 Å². The van der Waals surface area contributed by atoms with Crippen LogP contribution in [0.4, 0.5) is 0 Å². The monoisotopic (exact) mass is 276 g/mol. The first-order valence-electron chi connectivity index (χ1n) is 5.84. The molecule has 5 heteroatoms. The molecule has 0 atom stereocenters. The van der Waals surface area contributed by atoms with Crippen LogP contribution in [0.2, 0.25) is 0 Å². The molecule has 0 aliphatic heterocycles. The Morgan fingerprint density at radius 1 is 1.68 bits per heavy atom. The lowest BCUT2D eigenvalue weighted by Gasteiger charge is -2.03. The maximum absolute atomic E-state index is 10.6. The Morgan fingerprint density at radius 2 is 2.42 bits per heavy atom. The molecular formula is C14H16N2O2S. The van der Waals surface area contributed by atoms with Gasteiger partial charge in [0.2, 0.25) is 5.88 Å². The van der Waals surface area contributed by atoms with Crippen molar-refractivity contribution in [1.29, 1.82) is 0 Å². The fraction of sp³-hybridized carbons (Fsp3) is 0.286. The molecule has 1 heterocycles. The standard InChI is InChI=1S/C14H16N2O2S/c1-5-11(16-13(6-2)18-7-3)12-8-15-14(19-12)10(4)9-17/h5-6,8H,1,7H2,2-4H3/b13-6+,16-11+. The molecule has 0 aromatic carbocycles. The van der Waals surface area contributed by atoms with Crippen molar-refractivity contribution < 1.29 is 9.53 Å². The number of hydrogen-bond acceptors (Lipinski definition) is 5. The highest BCUT2D eigenvalue weighted by atomic mass is 32.1. The highest BCUT2D eigenvalue weighted by Crippen LogP contribution is 2.20. The van der Waals surface area contributed by atoms with Crippen LogP contribution in [0.15, 0.2) is 35.8 Å². The van der Waals surface area contributed by atoms with Gasteiger partial charge in [-0.15, -0.1) is 11.3 Å². The van der Waals surface area contributed by atoms with Crippen molar-refractivity contribution in [3.8, 4) is 0 Å². The van der Waals surface area contributed by atoms with Gasteiger partial charge in [-0.3, -0.25) is 0 Å². The van der Waals surface area contributed by atoms with E-state index in [1.54, 1.807) is 25.3 Å². The first-order valence-corrected chi connectivity index (χ1v) is 6.66. The third-order valence-electron chi connectivity index (χ3n) is 2.20. The Balaban J connectivity index is 3.10. The van der Waals surface area contributed by atoms with Gasteiger partial charge in [-0.25, -0.2) is 14.8 Å². The van der Waals surface area contributed by atoms with Gasteiger partial charge < -0.3 is 4.74 Å². The largest absolute Gasteiger partial charge is 0.478 e. The molecule has 0 aliphatic carbocycles. The van der Waals surface area contributed by atoms with Gasteiger partial charge in [-0.1, -0.05) is 6.58 Å². The summed E-state index contributed by atoms with van der Waals surface area (Å²) in [6.45, 7) is 9.72. The molecule has 0 amide bonds. The lowest BCUT2D eigenvalue weighted by molar-refractivity contribution is 0.227. The molecular weight excluding hydrogens is 260 g/mol. The van der Waals surface area contributed by atoms with E-state index in [0.29, 0.717) is 28.8 Å². The smallest absolute Gasteiger partial charge is 0.209 e. The van der Waals surface area contributed by atoms with Crippen molar-refractivity contribution in [2.75, 3.05) is 6.61 Å². The molecule has 100 valence electrons. The minimum Gasteiger partial charge on any atom is -0.478 e. The Labute approximate surface area is 116 Å². The topological polar surface area (TPSA) is 51.6 Å². The van der Waals surface area contributed by atoms with Crippen LogP contribution in [0.5, 0.6) is 0 Å². The van der Waals surface area contributed by atoms with Crippen LogP contribution in [0.25, 0.3) is 5.57 Å². The average Bonchev–Trinajstić information content (AvgIpc) is 2.92. The van der Waals surface area contributed by atoms with Gasteiger partial charge in [-0.2, -0.15) is 0 Å². The summed E-state index contributed by atoms with van der Waals surface area (Å²) in [6.07, 6.45) is 5.09. The average molecular weight is 276 g/mol. The zero-order chi connectivity index (χ0) is 14.3. The van der Waals surface area contributed by atoms with Crippen molar-refractivity contribution in [1.82, 2.24) is 4.98 Å². The second-order valence-corrected chi connectivity index (χ2v) is 4.55. The summed E-state index contributed by atoms with van der Waals surface area (Å²) >= 11 is 1.37. The molecule has 1 aromatic heterocycles. The number of aromatic nitrogens is 1. The predicted molar refractivity (Wildman–Crippen MR) is 79.0 cm³/mol. The molecule has 1 rings (SSSR count). The van der Waals surface area contributed by atoms with Gasteiger partial charge in [0.15, 0.2) is 0 Å². The Bertz CT molecular complexity index is 564. The van der Waals surface area contributed by atoms with E-state index < -0.39 is 0 Å². The van der Waals surface area contributed by atoms with E-state index >= 15 is 0 Å². The van der Waals surface area contributed by atoms with E-state index in [0.717, 1.165) is 4.88 Å². The summed E-state index contributed by atoms with van der Waals surface area (Å²) in [5.74, 6) is 2.37. The van der Waals surface area contributed by atoms with Crippen LogP contribution >= 0.6 is 11.3 Å². The Kier molecular flexibility index (Phi) is 5.93. The van der Waals surface area contributed by atoms with Gasteiger partial charge in [0.05, 0.1) is 22.8 Å². The van der Waals surface area contributed by atoms with Gasteiger partial charge in [0.1, 0.15) is 10.9 Å². The summed E-state index contributed by atoms with van der Waals surface area (Å²) < 4.78 is 5.36. The first-order chi connectivity index (χ1) is 9.15. The maximum atomic E-state index is 10.6. The number of thiazole rings is 1. The molecule has 0 N–H and O–H groups in total. The molecule has 19 heavy (non-hydrogen) atoms. The van der Waals surface area contributed by atoms with E-state index in [4.69, 9.17) is 4.74 Å². The second-order valence-electron chi connectivity index (χ2n) is 3.52. The van der Waals surface area contributed by atoms with Gasteiger partial charge >= 0.3 is 0 Å². The number of nitrogens with zero attached hydrogens (tertiary/aromatic N) is 2. The minimum atomic E-state index is 0.482. The molecule has 0 saturated carbocycles. The fourth-order valence-electron chi connectivity index (χ4n) is 1.26. The van der Waals surface area contributed by atoms with E-state index in [9.17, 15) is 4.79 Å². The van der Waals surface area contributed by atoms with Crippen molar-refractivity contribution >= 4 is 28.6 Å². The van der Waals surface area contributed by atoms with Gasteiger partial charge in [-0.05, 0) is 32.9 Å². The molecule has 0 unspecified atom stereocenters. The predicted octanol–water partition coefficient (Wildman–Crippen LogP) is 3.25. The van der Waals surface area contributed by atoms with Crippen LogP contribution in [0.3, 0.4) is 0 Å². The fourth-order valence-corrected chi connectivity index (χ4v) is 2.11. The zero-order valence-corrected chi connectivity index (χ0v) is 12.1. The first kappa shape index (κ1) is 15.1. The second kappa shape index (κ2) is 7.46. The van der Waals surface area contributed by atoms with Crippen molar-refractivity contribution in [2.45, 2.75) is 20.8 Å². The van der Waals surface area contributed by atoms with E-state index in [2.05, 4.69) is 16.6 Å². The van der Waals surface area contributed by atoms with Crippen molar-refractivity contribution in [3.63, 3.8) is 0 Å². The Morgan fingerprint density at radius 3 is 2.95 bits per heavy atom. The number of aliphatic imine (C=N–C) groups is 1. The van der Waals surface area contributed by atoms with Crippen molar-refractivity contribution in [3.05, 3.63) is 40.7 Å². The molecule has 0 radical (unpaired) electrons. The number of carbonyl (C=O) groups excluding carboxylic acids is 1. The van der Waals surface area contributed by atoms with Crippen LogP contribution < -0.4 is 0 Å². The molecule has 4 nitrogen and oxygen atoms in total. The van der Waals surface area contributed by atoms with Crippen LogP contribution in [-0.2, 0) is 9.53 Å². The lowest BCUT2D eigenvalue weighted by atomic mass is 10.3. The number of ether oxygens (including phenoxy) is 1. The minimum absolute atomic E-state index is 0.482. The Hall–Kier alpha value is -1.97. The summed E-state index contributed by atoms with van der Waals surface area (Å²) in [7, 11) is 0. The summed E-state index contributed by atoms with van der Waals surface area (Å²) in [6, 6.07) is 0. The van der Waals surface area contributed by atoms with E-state index in [-0.39, 0.29) is 0 Å². The summed E-state index contributed by atoms with van der Waals surface area (Å²) in [5.41, 5.74) is 1.15. The summed E-state index contributed by atoms with van der Waals surface area (Å²) in [4.78, 5) is 20.0. The highest BCUT2D eigenvalue weighted by molar-refractivity contribution is 7.15. The number of allylic oxidation sites excluding steroid dienone is 3. The van der Waals surface area contributed by atoms with Gasteiger partial charge in [0.25, 0.3) is 0 Å². The molecule has 0 spiro atoms. The third-order valence-corrected chi connectivity index (χ3v) is 3.33. The third kappa shape index (κ3) is 4.02. The molecule has 0 saturated heterocycles. The molecule has 0 fully saturated rings. The van der Waals surface area contributed by atoms with Crippen LogP contribution in [0.1, 0.15) is 30.7 Å². The SMILES string of the molecule is C=C/C(=N\C(=C/C)OCC)c1cnc(C(C)=C=O)s1. The quantitative estimate of drug-likeness (QED) is 0.455. The zero-order valence-electron chi connectivity index (χ0n) is 11.3. The van der Waals surface area contributed by atoms with E-state index in [1.165, 1.54) is 11.3 Å².